The maximum atomic E-state index is 11.7. The minimum absolute atomic E-state index is 0.145. The molecule has 2 aromatic heterocycles. The minimum atomic E-state index is -0.145. The van der Waals surface area contributed by atoms with Crippen molar-refractivity contribution < 1.29 is 9.21 Å². The van der Waals surface area contributed by atoms with Crippen LogP contribution >= 0.6 is 0 Å². The normalized spacial score (nSPS) is 12.0. The molecule has 0 fully saturated rings. The van der Waals surface area contributed by atoms with Crippen molar-refractivity contribution in [1.29, 1.82) is 0 Å². The van der Waals surface area contributed by atoms with Crippen LogP contribution in [0.1, 0.15) is 18.4 Å². The zero-order valence-corrected chi connectivity index (χ0v) is 11.5. The third-order valence-corrected chi connectivity index (χ3v) is 2.76. The van der Waals surface area contributed by atoms with Crippen molar-refractivity contribution in [2.45, 2.75) is 13.3 Å². The maximum Gasteiger partial charge on any atom is 0.245 e. The Morgan fingerprint density at radius 1 is 1.45 bits per heavy atom. The van der Waals surface area contributed by atoms with E-state index in [-0.39, 0.29) is 5.91 Å². The molecule has 2 aromatic rings. The molecule has 2 rings (SSSR count). The van der Waals surface area contributed by atoms with E-state index in [1.807, 2.05) is 55.1 Å². The van der Waals surface area contributed by atoms with Gasteiger partial charge in [-0.25, -0.2) is 5.43 Å². The Hall–Kier alpha value is -2.56. The van der Waals surface area contributed by atoms with Crippen molar-refractivity contribution >= 4 is 18.2 Å². The molecule has 5 heteroatoms. The Labute approximate surface area is 117 Å². The number of aromatic nitrogens is 1. The summed E-state index contributed by atoms with van der Waals surface area (Å²) in [5.41, 5.74) is 4.34. The number of hydrogen-bond acceptors (Lipinski definition) is 3. The fourth-order valence-corrected chi connectivity index (χ4v) is 1.73. The van der Waals surface area contributed by atoms with Gasteiger partial charge in [-0.1, -0.05) is 0 Å². The topological polar surface area (TPSA) is 59.5 Å². The number of hydrazone groups is 1. The average molecular weight is 271 g/mol. The number of nitrogens with zero attached hydrogens (tertiary/aromatic N) is 2. The molecule has 0 saturated carbocycles. The van der Waals surface area contributed by atoms with Gasteiger partial charge in [0, 0.05) is 18.9 Å². The second-order valence-corrected chi connectivity index (χ2v) is 4.48. The first-order valence-corrected chi connectivity index (χ1v) is 6.29. The van der Waals surface area contributed by atoms with Gasteiger partial charge in [-0.15, -0.1) is 0 Å². The smallest absolute Gasteiger partial charge is 0.245 e. The number of nitrogens with one attached hydrogen (secondary N) is 1. The number of hydrogen-bond donors (Lipinski definition) is 1. The summed E-state index contributed by atoms with van der Waals surface area (Å²) in [7, 11) is 1.90. The van der Waals surface area contributed by atoms with Gasteiger partial charge in [-0.05, 0) is 42.8 Å². The molecule has 0 spiro atoms. The highest BCUT2D eigenvalue weighted by Crippen LogP contribution is 2.05. The molecule has 0 aromatic carbocycles. The monoisotopic (exact) mass is 271 g/mol. The molecule has 0 aliphatic carbocycles. The Morgan fingerprint density at radius 3 is 2.95 bits per heavy atom. The van der Waals surface area contributed by atoms with Crippen molar-refractivity contribution in [2.24, 2.45) is 12.1 Å². The molecule has 1 amide bonds. The number of amides is 1. The molecule has 0 bridgehead atoms. The van der Waals surface area contributed by atoms with E-state index in [2.05, 4.69) is 10.5 Å². The van der Waals surface area contributed by atoms with Crippen molar-refractivity contribution in [3.05, 3.63) is 53.8 Å². The molecule has 0 aliphatic rings. The van der Waals surface area contributed by atoms with Gasteiger partial charge in [0.25, 0.3) is 0 Å². The number of carbonyl (C=O) groups excluding carboxylic acids is 1. The molecular weight excluding hydrogens is 254 g/mol. The van der Waals surface area contributed by atoms with Crippen LogP contribution in [0.15, 0.2) is 51.8 Å². The van der Waals surface area contributed by atoms with E-state index in [1.165, 1.54) is 0 Å². The highest BCUT2D eigenvalue weighted by Gasteiger charge is 2.04. The predicted molar refractivity (Wildman–Crippen MR) is 78.1 cm³/mol. The van der Waals surface area contributed by atoms with Gasteiger partial charge in [0.1, 0.15) is 5.76 Å². The van der Waals surface area contributed by atoms with E-state index >= 15 is 0 Å². The molecule has 0 aliphatic heterocycles. The van der Waals surface area contributed by atoms with E-state index in [1.54, 1.807) is 12.5 Å². The highest BCUT2D eigenvalue weighted by molar-refractivity contribution is 5.86. The second-order valence-electron chi connectivity index (χ2n) is 4.48. The summed E-state index contributed by atoms with van der Waals surface area (Å²) in [5.74, 6) is 0.609. The number of rotatable bonds is 5. The molecular formula is C15H17N3O2. The Balaban J connectivity index is 1.84. The first-order chi connectivity index (χ1) is 9.65. The van der Waals surface area contributed by atoms with Crippen molar-refractivity contribution in [3.8, 4) is 0 Å². The highest BCUT2D eigenvalue weighted by atomic mass is 16.3. The molecule has 0 atom stereocenters. The van der Waals surface area contributed by atoms with Gasteiger partial charge in [0.15, 0.2) is 0 Å². The molecule has 1 N–H and O–H groups in total. The van der Waals surface area contributed by atoms with Crippen LogP contribution in [0, 0.1) is 0 Å². The fourth-order valence-electron chi connectivity index (χ4n) is 1.73. The number of carbonyl (C=O) groups is 1. The van der Waals surface area contributed by atoms with Gasteiger partial charge < -0.3 is 8.98 Å². The lowest BCUT2D eigenvalue weighted by Crippen LogP contribution is -2.20. The van der Waals surface area contributed by atoms with Crippen LogP contribution in [0.3, 0.4) is 0 Å². The summed E-state index contributed by atoms with van der Waals surface area (Å²) in [5, 5.41) is 3.92. The third-order valence-electron chi connectivity index (χ3n) is 2.76. The van der Waals surface area contributed by atoms with Crippen LogP contribution in [0.2, 0.25) is 0 Å². The second kappa shape index (κ2) is 6.56. The number of aryl methyl sites for hydroxylation is 1. The summed E-state index contributed by atoms with van der Waals surface area (Å²) in [6, 6.07) is 7.48. The van der Waals surface area contributed by atoms with Crippen molar-refractivity contribution in [2.75, 3.05) is 0 Å². The summed E-state index contributed by atoms with van der Waals surface area (Å²) in [6.45, 7) is 1.88. The SMILES string of the molecule is CC(=Cc1ccco1)/C=N\NC(=O)Cc1cccn1C. The predicted octanol–water partition coefficient (Wildman–Crippen LogP) is 2.37. The minimum Gasteiger partial charge on any atom is -0.465 e. The van der Waals surface area contributed by atoms with E-state index in [0.29, 0.717) is 6.42 Å². The van der Waals surface area contributed by atoms with Crippen LogP contribution < -0.4 is 5.43 Å². The molecule has 0 unspecified atom stereocenters. The largest absolute Gasteiger partial charge is 0.465 e. The first-order valence-electron chi connectivity index (χ1n) is 6.29. The lowest BCUT2D eigenvalue weighted by molar-refractivity contribution is -0.120. The van der Waals surface area contributed by atoms with Gasteiger partial charge in [0.05, 0.1) is 18.9 Å². The quantitative estimate of drug-likeness (QED) is 0.670. The summed E-state index contributed by atoms with van der Waals surface area (Å²) < 4.78 is 7.09. The number of allylic oxidation sites excluding steroid dienone is 1. The molecule has 2 heterocycles. The zero-order valence-electron chi connectivity index (χ0n) is 11.5. The van der Waals surface area contributed by atoms with E-state index in [9.17, 15) is 4.79 Å². The standard InChI is InChI=1S/C15H17N3O2/c1-12(9-14-6-4-8-20-14)11-16-17-15(19)10-13-5-3-7-18(13)2/h3-9,11H,10H2,1-2H3,(H,17,19)/b12-9?,16-11-. The van der Waals surface area contributed by atoms with Crippen LogP contribution in [0.5, 0.6) is 0 Å². The lowest BCUT2D eigenvalue weighted by atomic mass is 10.3. The molecule has 20 heavy (non-hydrogen) atoms. The zero-order chi connectivity index (χ0) is 14.4. The molecule has 0 radical (unpaired) electrons. The van der Waals surface area contributed by atoms with Crippen molar-refractivity contribution in [3.63, 3.8) is 0 Å². The number of furan rings is 1. The van der Waals surface area contributed by atoms with E-state index in [0.717, 1.165) is 17.0 Å². The molecule has 0 saturated heterocycles. The van der Waals surface area contributed by atoms with Gasteiger partial charge in [-0.2, -0.15) is 5.10 Å². The van der Waals surface area contributed by atoms with Crippen LogP contribution in [-0.4, -0.2) is 16.7 Å². The van der Waals surface area contributed by atoms with Gasteiger partial charge in [0.2, 0.25) is 5.91 Å². The van der Waals surface area contributed by atoms with Gasteiger partial charge in [-0.3, -0.25) is 4.79 Å². The van der Waals surface area contributed by atoms with E-state index in [4.69, 9.17) is 4.42 Å². The molecule has 5 nitrogen and oxygen atoms in total. The van der Waals surface area contributed by atoms with Gasteiger partial charge >= 0.3 is 0 Å². The summed E-state index contributed by atoms with van der Waals surface area (Å²) in [6.07, 6.45) is 7.25. The van der Waals surface area contributed by atoms with Crippen LogP contribution in [0.4, 0.5) is 0 Å². The van der Waals surface area contributed by atoms with E-state index < -0.39 is 0 Å². The molecule has 104 valence electrons. The van der Waals surface area contributed by atoms with Crippen LogP contribution in [-0.2, 0) is 18.3 Å². The van der Waals surface area contributed by atoms with Crippen LogP contribution in [0.25, 0.3) is 6.08 Å². The fraction of sp³-hybridized carbons (Fsp3) is 0.200. The third kappa shape index (κ3) is 3.98. The Kier molecular flexibility index (Phi) is 4.55. The Morgan fingerprint density at radius 2 is 2.30 bits per heavy atom. The average Bonchev–Trinajstić information content (AvgIpc) is 3.02. The Bertz CT molecular complexity index is 621. The summed E-state index contributed by atoms with van der Waals surface area (Å²) in [4.78, 5) is 11.7. The first kappa shape index (κ1) is 13.9. The summed E-state index contributed by atoms with van der Waals surface area (Å²) >= 11 is 0. The maximum absolute atomic E-state index is 11.7. The lowest BCUT2D eigenvalue weighted by Gasteiger charge is -2.01. The van der Waals surface area contributed by atoms with Crippen molar-refractivity contribution in [1.82, 2.24) is 9.99 Å².